The second-order valence-electron chi connectivity index (χ2n) is 4.84. The molecule has 0 heterocycles. The van der Waals surface area contributed by atoms with E-state index < -0.39 is 28.0 Å². The summed E-state index contributed by atoms with van der Waals surface area (Å²) in [6.07, 6.45) is 0. The van der Waals surface area contributed by atoms with E-state index in [0.717, 1.165) is 4.31 Å². The van der Waals surface area contributed by atoms with Gasteiger partial charge in [-0.15, -0.1) is 0 Å². The quantitative estimate of drug-likeness (QED) is 0.830. The SMILES string of the molecule is CC(Nc1ccccc1S(=O)(=O)N(C)C)C(C)C(=O)O. The molecule has 0 spiro atoms. The minimum atomic E-state index is -3.58. The van der Waals surface area contributed by atoms with Crippen molar-refractivity contribution in [3.63, 3.8) is 0 Å². The summed E-state index contributed by atoms with van der Waals surface area (Å²) in [5.41, 5.74) is 0.404. The summed E-state index contributed by atoms with van der Waals surface area (Å²) < 4.78 is 25.5. The number of benzene rings is 1. The van der Waals surface area contributed by atoms with E-state index in [0.29, 0.717) is 5.69 Å². The normalized spacial score (nSPS) is 14.8. The molecule has 0 aliphatic heterocycles. The van der Waals surface area contributed by atoms with Crippen LogP contribution in [0.1, 0.15) is 13.8 Å². The second-order valence-corrected chi connectivity index (χ2v) is 6.96. The van der Waals surface area contributed by atoms with E-state index in [-0.39, 0.29) is 4.90 Å². The first kappa shape index (κ1) is 16.5. The monoisotopic (exact) mass is 300 g/mol. The van der Waals surface area contributed by atoms with Crippen LogP contribution in [0, 0.1) is 5.92 Å². The number of nitrogens with zero attached hydrogens (tertiary/aromatic N) is 1. The Morgan fingerprint density at radius 3 is 2.30 bits per heavy atom. The highest BCUT2D eigenvalue weighted by atomic mass is 32.2. The minimum Gasteiger partial charge on any atom is -0.481 e. The van der Waals surface area contributed by atoms with Crippen LogP contribution in [0.25, 0.3) is 0 Å². The highest BCUT2D eigenvalue weighted by molar-refractivity contribution is 7.89. The molecule has 0 saturated carbocycles. The second kappa shape index (κ2) is 6.23. The molecule has 7 heteroatoms. The predicted molar refractivity (Wildman–Crippen MR) is 77.2 cm³/mol. The van der Waals surface area contributed by atoms with Gasteiger partial charge in [0.15, 0.2) is 0 Å². The van der Waals surface area contributed by atoms with Gasteiger partial charge in [0.05, 0.1) is 11.6 Å². The lowest BCUT2D eigenvalue weighted by molar-refractivity contribution is -0.141. The van der Waals surface area contributed by atoms with Crippen molar-refractivity contribution in [3.05, 3.63) is 24.3 Å². The Bertz CT molecular complexity index is 584. The molecule has 2 unspecified atom stereocenters. The van der Waals surface area contributed by atoms with Gasteiger partial charge >= 0.3 is 5.97 Å². The zero-order valence-corrected chi connectivity index (χ0v) is 12.8. The van der Waals surface area contributed by atoms with Crippen molar-refractivity contribution in [1.29, 1.82) is 0 Å². The smallest absolute Gasteiger partial charge is 0.308 e. The molecule has 0 fully saturated rings. The molecule has 0 amide bonds. The highest BCUT2D eigenvalue weighted by Gasteiger charge is 2.24. The van der Waals surface area contributed by atoms with Crippen LogP contribution < -0.4 is 5.32 Å². The molecule has 0 aliphatic carbocycles. The molecule has 0 radical (unpaired) electrons. The number of sulfonamides is 1. The van der Waals surface area contributed by atoms with Crippen molar-refractivity contribution in [3.8, 4) is 0 Å². The van der Waals surface area contributed by atoms with Crippen LogP contribution in [-0.2, 0) is 14.8 Å². The minimum absolute atomic E-state index is 0.134. The Balaban J connectivity index is 3.13. The third-order valence-electron chi connectivity index (χ3n) is 3.17. The molecule has 0 bridgehead atoms. The summed E-state index contributed by atoms with van der Waals surface area (Å²) in [7, 11) is -0.668. The lowest BCUT2D eigenvalue weighted by atomic mass is 10.0. The van der Waals surface area contributed by atoms with Crippen LogP contribution in [-0.4, -0.2) is 43.9 Å². The van der Waals surface area contributed by atoms with Crippen molar-refractivity contribution in [2.75, 3.05) is 19.4 Å². The van der Waals surface area contributed by atoms with Gasteiger partial charge in [-0.2, -0.15) is 0 Å². The largest absolute Gasteiger partial charge is 0.481 e. The highest BCUT2D eigenvalue weighted by Crippen LogP contribution is 2.24. The number of rotatable bonds is 6. The van der Waals surface area contributed by atoms with E-state index in [4.69, 9.17) is 5.11 Å². The third-order valence-corrected chi connectivity index (χ3v) is 5.04. The lowest BCUT2D eigenvalue weighted by Crippen LogP contribution is -2.31. The Kier molecular flexibility index (Phi) is 5.13. The van der Waals surface area contributed by atoms with Crippen LogP contribution in [0.2, 0.25) is 0 Å². The first-order chi connectivity index (χ1) is 9.17. The van der Waals surface area contributed by atoms with Crippen LogP contribution in [0.3, 0.4) is 0 Å². The molecule has 1 aromatic carbocycles. The Morgan fingerprint density at radius 2 is 1.80 bits per heavy atom. The van der Waals surface area contributed by atoms with Gasteiger partial charge in [-0.25, -0.2) is 12.7 Å². The van der Waals surface area contributed by atoms with Crippen LogP contribution in [0.4, 0.5) is 5.69 Å². The van der Waals surface area contributed by atoms with Crippen molar-refractivity contribution >= 4 is 21.7 Å². The summed E-state index contributed by atoms with van der Waals surface area (Å²) >= 11 is 0. The van der Waals surface area contributed by atoms with E-state index in [1.54, 1.807) is 32.0 Å². The number of para-hydroxylation sites is 1. The zero-order valence-electron chi connectivity index (χ0n) is 12.0. The van der Waals surface area contributed by atoms with Gasteiger partial charge in [0, 0.05) is 20.1 Å². The maximum atomic E-state index is 12.2. The Hall–Kier alpha value is -1.60. The fourth-order valence-electron chi connectivity index (χ4n) is 1.59. The summed E-state index contributed by atoms with van der Waals surface area (Å²) in [5, 5.41) is 11.9. The summed E-state index contributed by atoms with van der Waals surface area (Å²) in [6, 6.07) is 6.06. The first-order valence-electron chi connectivity index (χ1n) is 6.18. The van der Waals surface area contributed by atoms with Crippen molar-refractivity contribution < 1.29 is 18.3 Å². The van der Waals surface area contributed by atoms with Crippen LogP contribution >= 0.6 is 0 Å². The Labute approximate surface area is 119 Å². The molecular weight excluding hydrogens is 280 g/mol. The first-order valence-corrected chi connectivity index (χ1v) is 7.62. The molecule has 2 atom stereocenters. The van der Waals surface area contributed by atoms with Crippen molar-refractivity contribution in [2.45, 2.75) is 24.8 Å². The molecule has 0 saturated heterocycles. The number of carbonyl (C=O) groups is 1. The van der Waals surface area contributed by atoms with Gasteiger partial charge in [0.2, 0.25) is 10.0 Å². The van der Waals surface area contributed by atoms with Gasteiger partial charge in [0.25, 0.3) is 0 Å². The number of carboxylic acids is 1. The van der Waals surface area contributed by atoms with E-state index >= 15 is 0 Å². The predicted octanol–water partition coefficient (Wildman–Crippen LogP) is 1.46. The van der Waals surface area contributed by atoms with Gasteiger partial charge in [0.1, 0.15) is 4.90 Å². The van der Waals surface area contributed by atoms with Crippen LogP contribution in [0.15, 0.2) is 29.2 Å². The van der Waals surface area contributed by atoms with Gasteiger partial charge in [-0.05, 0) is 26.0 Å². The topological polar surface area (TPSA) is 86.7 Å². The summed E-state index contributed by atoms with van der Waals surface area (Å²) in [5.74, 6) is -1.57. The number of anilines is 1. The maximum absolute atomic E-state index is 12.2. The number of hydrogen-bond donors (Lipinski definition) is 2. The number of hydrogen-bond acceptors (Lipinski definition) is 4. The molecule has 1 rings (SSSR count). The van der Waals surface area contributed by atoms with Gasteiger partial charge in [-0.1, -0.05) is 12.1 Å². The molecular formula is C13H20N2O4S. The third kappa shape index (κ3) is 3.49. The molecule has 0 aromatic heterocycles. The van der Waals surface area contributed by atoms with E-state index in [1.807, 2.05) is 0 Å². The average Bonchev–Trinajstić information content (AvgIpc) is 2.37. The molecule has 0 aliphatic rings. The molecule has 1 aromatic rings. The van der Waals surface area contributed by atoms with E-state index in [1.165, 1.54) is 20.2 Å². The number of carboxylic acid groups (broad SMARTS) is 1. The van der Waals surface area contributed by atoms with Gasteiger partial charge < -0.3 is 10.4 Å². The lowest BCUT2D eigenvalue weighted by Gasteiger charge is -2.22. The van der Waals surface area contributed by atoms with Crippen LogP contribution in [0.5, 0.6) is 0 Å². The molecule has 6 nitrogen and oxygen atoms in total. The maximum Gasteiger partial charge on any atom is 0.308 e. The van der Waals surface area contributed by atoms with Crippen molar-refractivity contribution in [1.82, 2.24) is 4.31 Å². The number of aliphatic carboxylic acids is 1. The summed E-state index contributed by atoms with van der Waals surface area (Å²) in [6.45, 7) is 3.28. The standard InChI is InChI=1S/C13H20N2O4S/c1-9(13(16)17)10(2)14-11-7-5-6-8-12(11)20(18,19)15(3)4/h5-10,14H,1-4H3,(H,16,17). The van der Waals surface area contributed by atoms with Gasteiger partial charge in [-0.3, -0.25) is 4.79 Å². The molecule has 112 valence electrons. The molecule has 2 N–H and O–H groups in total. The summed E-state index contributed by atoms with van der Waals surface area (Å²) in [4.78, 5) is 11.1. The van der Waals surface area contributed by atoms with Crippen molar-refractivity contribution in [2.24, 2.45) is 5.92 Å². The number of nitrogens with one attached hydrogen (secondary N) is 1. The Morgan fingerprint density at radius 1 is 1.25 bits per heavy atom. The molecule has 20 heavy (non-hydrogen) atoms. The van der Waals surface area contributed by atoms with E-state index in [9.17, 15) is 13.2 Å². The zero-order chi connectivity index (χ0) is 15.5. The van der Waals surface area contributed by atoms with E-state index in [2.05, 4.69) is 5.32 Å². The fraction of sp³-hybridized carbons (Fsp3) is 0.462. The fourth-order valence-corrected chi connectivity index (χ4v) is 2.64. The average molecular weight is 300 g/mol.